The van der Waals surface area contributed by atoms with E-state index in [1.165, 1.54) is 16.9 Å². The number of nitrogens with zero attached hydrogens (tertiary/aromatic N) is 2. The molecule has 0 N–H and O–H groups in total. The summed E-state index contributed by atoms with van der Waals surface area (Å²) in [5.41, 5.74) is 3.28. The van der Waals surface area contributed by atoms with Crippen LogP contribution < -0.4 is 0 Å². The normalized spacial score (nSPS) is 12.3. The van der Waals surface area contributed by atoms with E-state index in [9.17, 15) is 0 Å². The van der Waals surface area contributed by atoms with E-state index >= 15 is 0 Å². The molecule has 0 fully saturated rings. The number of halogens is 2. The predicted octanol–water partition coefficient (Wildman–Crippen LogP) is 5.60. The monoisotopic (exact) mass is 378 g/mol. The smallest absolute Gasteiger partial charge is 0.141 e. The van der Waals surface area contributed by atoms with Gasteiger partial charge in [0.05, 0.1) is 0 Å². The first-order valence-corrected chi connectivity index (χ1v) is 8.48. The van der Waals surface area contributed by atoms with Gasteiger partial charge in [-0.3, -0.25) is 0 Å². The summed E-state index contributed by atoms with van der Waals surface area (Å²) in [7, 11) is 0. The van der Waals surface area contributed by atoms with Crippen LogP contribution in [0.15, 0.2) is 53.0 Å². The van der Waals surface area contributed by atoms with Crippen molar-refractivity contribution in [2.45, 2.75) is 12.3 Å². The minimum Gasteiger partial charge on any atom is -0.141 e. The minimum atomic E-state index is -0.258. The highest BCUT2D eigenvalue weighted by atomic mass is 79.9. The molecule has 21 heavy (non-hydrogen) atoms. The van der Waals surface area contributed by atoms with Crippen molar-refractivity contribution in [3.8, 4) is 10.6 Å². The second-order valence-corrected chi connectivity index (χ2v) is 6.98. The minimum absolute atomic E-state index is 0.258. The Bertz CT molecular complexity index is 758. The molecule has 1 heterocycles. The van der Waals surface area contributed by atoms with Crippen LogP contribution in [0.1, 0.15) is 21.5 Å². The maximum Gasteiger partial charge on any atom is 0.147 e. The first kappa shape index (κ1) is 14.7. The molecule has 0 aliphatic carbocycles. The predicted molar refractivity (Wildman–Crippen MR) is 91.9 cm³/mol. The quantitative estimate of drug-likeness (QED) is 0.553. The summed E-state index contributed by atoms with van der Waals surface area (Å²) in [6.45, 7) is 2.06. The van der Waals surface area contributed by atoms with Gasteiger partial charge in [-0.1, -0.05) is 69.7 Å². The molecule has 1 atom stereocenters. The Hall–Kier alpha value is -1.23. The van der Waals surface area contributed by atoms with Crippen molar-refractivity contribution < 1.29 is 0 Å². The van der Waals surface area contributed by atoms with Crippen LogP contribution in [0.25, 0.3) is 10.6 Å². The average molecular weight is 380 g/mol. The molecule has 3 rings (SSSR count). The molecule has 0 aliphatic rings. The summed E-state index contributed by atoms with van der Waals surface area (Å²) in [6, 6.07) is 16.1. The molecular weight excluding hydrogens is 368 g/mol. The summed E-state index contributed by atoms with van der Waals surface area (Å²) >= 11 is 11.6. The van der Waals surface area contributed by atoms with E-state index in [0.29, 0.717) is 0 Å². The summed E-state index contributed by atoms with van der Waals surface area (Å²) in [6.07, 6.45) is 0. The molecule has 3 aromatic rings. The summed E-state index contributed by atoms with van der Waals surface area (Å²) < 4.78 is 1.07. The number of rotatable bonds is 3. The first-order chi connectivity index (χ1) is 10.1. The molecule has 0 bridgehead atoms. The fraction of sp³-hybridized carbons (Fsp3) is 0.125. The third kappa shape index (κ3) is 3.18. The van der Waals surface area contributed by atoms with Crippen LogP contribution in [-0.2, 0) is 0 Å². The third-order valence-corrected chi connectivity index (χ3v) is 5.65. The SMILES string of the molecule is Cc1ccc(-c2nnc(C(Cl)c3ccccc3)s2)cc1Br. The lowest BCUT2D eigenvalue weighted by molar-refractivity contribution is 0.988. The Morgan fingerprint density at radius 1 is 1.10 bits per heavy atom. The zero-order valence-electron chi connectivity index (χ0n) is 11.3. The van der Waals surface area contributed by atoms with Gasteiger partial charge in [0, 0.05) is 10.0 Å². The van der Waals surface area contributed by atoms with Crippen molar-refractivity contribution in [3.05, 3.63) is 69.1 Å². The van der Waals surface area contributed by atoms with Gasteiger partial charge < -0.3 is 0 Å². The van der Waals surface area contributed by atoms with Gasteiger partial charge in [-0.25, -0.2) is 0 Å². The van der Waals surface area contributed by atoms with E-state index < -0.39 is 0 Å². The first-order valence-electron chi connectivity index (χ1n) is 6.44. The van der Waals surface area contributed by atoms with Crippen LogP contribution in [0, 0.1) is 6.92 Å². The molecule has 2 aromatic carbocycles. The van der Waals surface area contributed by atoms with E-state index in [-0.39, 0.29) is 5.38 Å². The Morgan fingerprint density at radius 2 is 1.86 bits per heavy atom. The molecule has 0 saturated heterocycles. The van der Waals surface area contributed by atoms with Crippen LogP contribution in [0.2, 0.25) is 0 Å². The maximum atomic E-state index is 6.49. The van der Waals surface area contributed by atoms with Crippen LogP contribution in [0.4, 0.5) is 0 Å². The summed E-state index contributed by atoms with van der Waals surface area (Å²) in [4.78, 5) is 0. The number of hydrogen-bond acceptors (Lipinski definition) is 3. The van der Waals surface area contributed by atoms with Gasteiger partial charge in [0.1, 0.15) is 15.4 Å². The van der Waals surface area contributed by atoms with E-state index in [4.69, 9.17) is 11.6 Å². The fourth-order valence-corrected chi connectivity index (χ4v) is 3.49. The van der Waals surface area contributed by atoms with E-state index in [1.54, 1.807) is 0 Å². The lowest BCUT2D eigenvalue weighted by Crippen LogP contribution is -1.91. The molecule has 1 unspecified atom stereocenters. The topological polar surface area (TPSA) is 25.8 Å². The van der Waals surface area contributed by atoms with Crippen molar-refractivity contribution >= 4 is 38.9 Å². The second kappa shape index (κ2) is 6.26. The molecule has 1 aromatic heterocycles. The van der Waals surface area contributed by atoms with E-state index in [2.05, 4.69) is 51.3 Å². The Kier molecular flexibility index (Phi) is 4.38. The number of aromatic nitrogens is 2. The molecule has 0 amide bonds. The van der Waals surface area contributed by atoms with Gasteiger partial charge in [-0.2, -0.15) is 0 Å². The number of benzene rings is 2. The summed E-state index contributed by atoms with van der Waals surface area (Å²) in [5, 5.41) is 9.95. The number of hydrogen-bond donors (Lipinski definition) is 0. The molecule has 0 aliphatic heterocycles. The molecule has 0 saturated carbocycles. The van der Waals surface area contributed by atoms with Gasteiger partial charge in [0.2, 0.25) is 0 Å². The van der Waals surface area contributed by atoms with Crippen LogP contribution in [-0.4, -0.2) is 10.2 Å². The molecule has 106 valence electrons. The van der Waals surface area contributed by atoms with Crippen LogP contribution in [0.3, 0.4) is 0 Å². The van der Waals surface area contributed by atoms with Gasteiger partial charge in [-0.15, -0.1) is 21.8 Å². The second-order valence-electron chi connectivity index (χ2n) is 4.68. The molecule has 5 heteroatoms. The van der Waals surface area contributed by atoms with Crippen molar-refractivity contribution in [2.24, 2.45) is 0 Å². The highest BCUT2D eigenvalue weighted by Gasteiger charge is 2.17. The zero-order valence-corrected chi connectivity index (χ0v) is 14.4. The Morgan fingerprint density at radius 3 is 2.57 bits per heavy atom. The van der Waals surface area contributed by atoms with Crippen molar-refractivity contribution in [3.63, 3.8) is 0 Å². The lowest BCUT2D eigenvalue weighted by Gasteiger charge is -2.04. The third-order valence-electron chi connectivity index (χ3n) is 3.17. The summed E-state index contributed by atoms with van der Waals surface area (Å²) in [5.74, 6) is 0. The highest BCUT2D eigenvalue weighted by molar-refractivity contribution is 9.10. The molecule has 0 spiro atoms. The fourth-order valence-electron chi connectivity index (χ4n) is 1.94. The number of alkyl halides is 1. The van der Waals surface area contributed by atoms with E-state index in [1.807, 2.05) is 30.3 Å². The van der Waals surface area contributed by atoms with Gasteiger partial charge >= 0.3 is 0 Å². The van der Waals surface area contributed by atoms with Crippen LogP contribution in [0.5, 0.6) is 0 Å². The maximum absolute atomic E-state index is 6.49. The molecule has 0 radical (unpaired) electrons. The van der Waals surface area contributed by atoms with Crippen molar-refractivity contribution in [1.82, 2.24) is 10.2 Å². The zero-order chi connectivity index (χ0) is 14.8. The highest BCUT2D eigenvalue weighted by Crippen LogP contribution is 2.34. The van der Waals surface area contributed by atoms with Gasteiger partial charge in [0.25, 0.3) is 0 Å². The largest absolute Gasteiger partial charge is 0.147 e. The number of aryl methyl sites for hydroxylation is 1. The average Bonchev–Trinajstić information content (AvgIpc) is 3.00. The van der Waals surface area contributed by atoms with Gasteiger partial charge in [-0.05, 0) is 24.1 Å². The molecule has 2 nitrogen and oxygen atoms in total. The van der Waals surface area contributed by atoms with Crippen molar-refractivity contribution in [1.29, 1.82) is 0 Å². The van der Waals surface area contributed by atoms with E-state index in [0.717, 1.165) is 25.6 Å². The van der Waals surface area contributed by atoms with Crippen molar-refractivity contribution in [2.75, 3.05) is 0 Å². The molecular formula is C16H12BrClN2S. The van der Waals surface area contributed by atoms with Gasteiger partial charge in [0.15, 0.2) is 0 Å². The van der Waals surface area contributed by atoms with Crippen LogP contribution >= 0.6 is 38.9 Å². The Balaban J connectivity index is 1.91. The standard InChI is InChI=1S/C16H12BrClN2S/c1-10-7-8-12(9-13(10)17)15-19-20-16(21-15)14(18)11-5-3-2-4-6-11/h2-9,14H,1H3. The Labute approximate surface area is 140 Å². The lowest BCUT2D eigenvalue weighted by atomic mass is 10.1.